The van der Waals surface area contributed by atoms with Crippen molar-refractivity contribution in [3.63, 3.8) is 0 Å². The smallest absolute Gasteiger partial charge is 0.377 e. The summed E-state index contributed by atoms with van der Waals surface area (Å²) >= 11 is 0. The fourth-order valence-electron chi connectivity index (χ4n) is 1.86. The van der Waals surface area contributed by atoms with Crippen LogP contribution in [0.2, 0.25) is 0 Å². The molecule has 4 nitrogen and oxygen atoms in total. The summed E-state index contributed by atoms with van der Waals surface area (Å²) in [6.07, 6.45) is -4.70. The van der Waals surface area contributed by atoms with Gasteiger partial charge >= 0.3 is 6.18 Å². The zero-order chi connectivity index (χ0) is 15.3. The van der Waals surface area contributed by atoms with Crippen LogP contribution < -0.4 is 5.32 Å². The van der Waals surface area contributed by atoms with Crippen LogP contribution in [0.15, 0.2) is 18.2 Å². The molecule has 112 valence electrons. The molecule has 0 aliphatic carbocycles. The summed E-state index contributed by atoms with van der Waals surface area (Å²) < 4.78 is 36.1. The summed E-state index contributed by atoms with van der Waals surface area (Å²) in [5.41, 5.74) is 1.03. The van der Waals surface area contributed by atoms with Crippen molar-refractivity contribution >= 4 is 11.4 Å². The van der Waals surface area contributed by atoms with Gasteiger partial charge in [-0.05, 0) is 38.3 Å². The van der Waals surface area contributed by atoms with E-state index in [1.165, 1.54) is 6.07 Å². The van der Waals surface area contributed by atoms with Gasteiger partial charge in [-0.1, -0.05) is 6.07 Å². The van der Waals surface area contributed by atoms with Gasteiger partial charge in [0, 0.05) is 18.5 Å². The predicted octanol–water partition coefficient (Wildman–Crippen LogP) is 4.44. The van der Waals surface area contributed by atoms with Crippen LogP contribution in [0.1, 0.15) is 31.7 Å². The molecule has 7 heteroatoms. The van der Waals surface area contributed by atoms with Gasteiger partial charge in [-0.15, -0.1) is 0 Å². The van der Waals surface area contributed by atoms with Crippen LogP contribution in [0, 0.1) is 17.0 Å². The van der Waals surface area contributed by atoms with Crippen LogP contribution >= 0.6 is 0 Å². The number of nitro groups is 1. The molecular formula is C13H17F3N2O2. The second kappa shape index (κ2) is 6.58. The maximum atomic E-state index is 12.0. The van der Waals surface area contributed by atoms with Gasteiger partial charge < -0.3 is 5.32 Å². The number of nitrogens with zero attached hydrogens (tertiary/aromatic N) is 1. The van der Waals surface area contributed by atoms with Gasteiger partial charge in [0.1, 0.15) is 5.69 Å². The molecule has 1 rings (SSSR count). The van der Waals surface area contributed by atoms with Gasteiger partial charge in [-0.2, -0.15) is 13.2 Å². The zero-order valence-electron chi connectivity index (χ0n) is 11.3. The molecule has 0 fully saturated rings. The topological polar surface area (TPSA) is 55.2 Å². The number of alkyl halides is 3. The van der Waals surface area contributed by atoms with Gasteiger partial charge in [0.05, 0.1) is 4.92 Å². The van der Waals surface area contributed by atoms with Gasteiger partial charge in [0.25, 0.3) is 5.69 Å². The molecule has 1 atom stereocenters. The van der Waals surface area contributed by atoms with E-state index in [0.717, 1.165) is 5.56 Å². The van der Waals surface area contributed by atoms with E-state index in [0.29, 0.717) is 12.1 Å². The number of anilines is 1. The highest BCUT2D eigenvalue weighted by atomic mass is 19.4. The van der Waals surface area contributed by atoms with Gasteiger partial charge in [-0.25, -0.2) is 0 Å². The van der Waals surface area contributed by atoms with E-state index < -0.39 is 17.5 Å². The molecule has 0 aromatic heterocycles. The highest BCUT2D eigenvalue weighted by Crippen LogP contribution is 2.27. The van der Waals surface area contributed by atoms with Crippen molar-refractivity contribution in [3.8, 4) is 0 Å². The molecule has 1 N–H and O–H groups in total. The van der Waals surface area contributed by atoms with Crippen LogP contribution in [-0.2, 0) is 0 Å². The Kier molecular flexibility index (Phi) is 5.35. The summed E-state index contributed by atoms with van der Waals surface area (Å²) in [6, 6.07) is 4.47. The fraction of sp³-hybridized carbons (Fsp3) is 0.538. The van der Waals surface area contributed by atoms with E-state index >= 15 is 0 Å². The minimum absolute atomic E-state index is 0.00265. The summed E-state index contributed by atoms with van der Waals surface area (Å²) in [5.74, 6) is 0. The molecule has 0 radical (unpaired) electrons. The Balaban J connectivity index is 2.62. The quantitative estimate of drug-likeness (QED) is 0.622. The van der Waals surface area contributed by atoms with Crippen molar-refractivity contribution < 1.29 is 18.1 Å². The van der Waals surface area contributed by atoms with Gasteiger partial charge in [0.15, 0.2) is 0 Å². The molecule has 0 aliphatic heterocycles. The lowest BCUT2D eigenvalue weighted by atomic mass is 10.1. The van der Waals surface area contributed by atoms with E-state index in [1.807, 2.05) is 0 Å². The van der Waals surface area contributed by atoms with Crippen molar-refractivity contribution in [1.82, 2.24) is 0 Å². The van der Waals surface area contributed by atoms with Crippen molar-refractivity contribution in [2.24, 2.45) is 0 Å². The third-order valence-corrected chi connectivity index (χ3v) is 2.85. The molecule has 0 amide bonds. The number of benzene rings is 1. The Labute approximate surface area is 115 Å². The van der Waals surface area contributed by atoms with Crippen LogP contribution in [0.3, 0.4) is 0 Å². The largest absolute Gasteiger partial charge is 0.389 e. The third kappa shape index (κ3) is 5.46. The molecule has 20 heavy (non-hydrogen) atoms. The minimum atomic E-state index is -4.16. The lowest BCUT2D eigenvalue weighted by molar-refractivity contribution is -0.384. The Bertz CT molecular complexity index is 475. The monoisotopic (exact) mass is 290 g/mol. The lowest BCUT2D eigenvalue weighted by Crippen LogP contribution is -2.17. The highest BCUT2D eigenvalue weighted by molar-refractivity contribution is 5.62. The zero-order valence-corrected chi connectivity index (χ0v) is 11.3. The number of hydrogen-bond donors (Lipinski definition) is 1. The molecule has 1 aromatic rings. The summed E-state index contributed by atoms with van der Waals surface area (Å²) in [5, 5.41) is 13.8. The Hall–Kier alpha value is -1.79. The van der Waals surface area contributed by atoms with Gasteiger partial charge in [-0.3, -0.25) is 10.1 Å². The minimum Gasteiger partial charge on any atom is -0.377 e. The third-order valence-electron chi connectivity index (χ3n) is 2.85. The van der Waals surface area contributed by atoms with Crippen LogP contribution in [0.5, 0.6) is 0 Å². The Morgan fingerprint density at radius 3 is 2.60 bits per heavy atom. The molecular weight excluding hydrogens is 273 g/mol. The maximum absolute atomic E-state index is 12.0. The average Bonchev–Trinajstić information content (AvgIpc) is 2.29. The predicted molar refractivity (Wildman–Crippen MR) is 70.8 cm³/mol. The first-order valence-electron chi connectivity index (χ1n) is 6.27. The number of aryl methyl sites for hydroxylation is 1. The Morgan fingerprint density at radius 2 is 2.05 bits per heavy atom. The van der Waals surface area contributed by atoms with E-state index in [1.54, 1.807) is 26.0 Å². The molecule has 1 aromatic carbocycles. The molecule has 0 spiro atoms. The molecule has 0 aliphatic rings. The number of rotatable bonds is 6. The molecule has 0 bridgehead atoms. The van der Waals surface area contributed by atoms with E-state index in [9.17, 15) is 23.3 Å². The SMILES string of the molecule is Cc1ccc(NC(C)CCCC(F)(F)F)c([N+](=O)[O-])c1. The molecule has 0 saturated carbocycles. The van der Waals surface area contributed by atoms with Crippen LogP contribution in [0.25, 0.3) is 0 Å². The maximum Gasteiger partial charge on any atom is 0.389 e. The van der Waals surface area contributed by atoms with Crippen molar-refractivity contribution in [3.05, 3.63) is 33.9 Å². The first-order valence-corrected chi connectivity index (χ1v) is 6.27. The number of nitro benzene ring substituents is 1. The fourth-order valence-corrected chi connectivity index (χ4v) is 1.86. The lowest BCUT2D eigenvalue weighted by Gasteiger charge is -2.16. The average molecular weight is 290 g/mol. The second-order valence-electron chi connectivity index (χ2n) is 4.83. The summed E-state index contributed by atoms with van der Waals surface area (Å²) in [4.78, 5) is 10.4. The first kappa shape index (κ1) is 16.3. The van der Waals surface area contributed by atoms with Crippen LogP contribution in [-0.4, -0.2) is 17.1 Å². The van der Waals surface area contributed by atoms with E-state index in [4.69, 9.17) is 0 Å². The van der Waals surface area contributed by atoms with Crippen molar-refractivity contribution in [1.29, 1.82) is 0 Å². The standard InChI is InChI=1S/C13H17F3N2O2/c1-9-5-6-11(12(8-9)18(19)20)17-10(2)4-3-7-13(14,15)16/h5-6,8,10,17H,3-4,7H2,1-2H3. The number of halogens is 3. The Morgan fingerprint density at radius 1 is 1.40 bits per heavy atom. The first-order chi connectivity index (χ1) is 9.19. The molecule has 0 saturated heterocycles. The molecule has 1 unspecified atom stereocenters. The summed E-state index contributed by atoms with van der Waals surface area (Å²) in [7, 11) is 0. The number of nitrogens with one attached hydrogen (secondary N) is 1. The van der Waals surface area contributed by atoms with Crippen LogP contribution in [0.4, 0.5) is 24.5 Å². The second-order valence-corrected chi connectivity index (χ2v) is 4.83. The van der Waals surface area contributed by atoms with E-state index in [2.05, 4.69) is 5.32 Å². The van der Waals surface area contributed by atoms with E-state index in [-0.39, 0.29) is 18.2 Å². The highest BCUT2D eigenvalue weighted by Gasteiger charge is 2.26. The normalized spacial score (nSPS) is 13.1. The number of hydrogen-bond acceptors (Lipinski definition) is 3. The van der Waals surface area contributed by atoms with Crippen molar-refractivity contribution in [2.75, 3.05) is 5.32 Å². The van der Waals surface area contributed by atoms with Gasteiger partial charge in [0.2, 0.25) is 0 Å². The van der Waals surface area contributed by atoms with Crippen molar-refractivity contribution in [2.45, 2.75) is 45.3 Å². The summed E-state index contributed by atoms with van der Waals surface area (Å²) in [6.45, 7) is 3.45. The molecule has 0 heterocycles.